The van der Waals surface area contributed by atoms with Gasteiger partial charge in [-0.1, -0.05) is 23.7 Å². The van der Waals surface area contributed by atoms with E-state index in [0.717, 1.165) is 5.56 Å². The van der Waals surface area contributed by atoms with E-state index < -0.39 is 10.0 Å². The SMILES string of the molecule is Cc1ccc2c(c1)S(=O)(=O)N=C2Cl. The molecule has 1 aromatic rings. The Balaban J connectivity index is 2.83. The maximum atomic E-state index is 11.3. The molecule has 0 unspecified atom stereocenters. The average Bonchev–Trinajstić information content (AvgIpc) is 2.23. The molecular formula is C8H6ClNO2S. The first kappa shape index (κ1) is 8.72. The minimum absolute atomic E-state index is 0.0509. The Bertz CT molecular complexity index is 505. The Kier molecular flexibility index (Phi) is 1.72. The van der Waals surface area contributed by atoms with Crippen LogP contribution in [-0.4, -0.2) is 13.6 Å². The Morgan fingerprint density at radius 2 is 2.08 bits per heavy atom. The van der Waals surface area contributed by atoms with Gasteiger partial charge < -0.3 is 0 Å². The molecule has 0 fully saturated rings. The quantitative estimate of drug-likeness (QED) is 0.661. The normalized spacial score (nSPS) is 18.2. The largest absolute Gasteiger partial charge is 0.284 e. The lowest BCUT2D eigenvalue weighted by atomic mass is 10.2. The number of rotatable bonds is 0. The predicted octanol–water partition coefficient (Wildman–Crippen LogP) is 1.68. The van der Waals surface area contributed by atoms with Crippen LogP contribution < -0.4 is 0 Å². The number of sulfonamides is 1. The second-order valence-electron chi connectivity index (χ2n) is 2.86. The number of nitrogens with zero attached hydrogens (tertiary/aromatic N) is 1. The van der Waals surface area contributed by atoms with Crippen LogP contribution in [0.2, 0.25) is 0 Å². The molecule has 0 spiro atoms. The van der Waals surface area contributed by atoms with Gasteiger partial charge in [-0.2, -0.15) is 8.42 Å². The fraction of sp³-hybridized carbons (Fsp3) is 0.125. The van der Waals surface area contributed by atoms with Crippen LogP contribution in [0, 0.1) is 6.92 Å². The molecule has 0 N–H and O–H groups in total. The molecule has 0 saturated heterocycles. The van der Waals surface area contributed by atoms with Gasteiger partial charge in [0.1, 0.15) is 0 Å². The number of halogens is 1. The molecule has 0 saturated carbocycles. The fourth-order valence-corrected chi connectivity index (χ4v) is 2.90. The van der Waals surface area contributed by atoms with Gasteiger partial charge in [0, 0.05) is 5.56 Å². The lowest BCUT2D eigenvalue weighted by Crippen LogP contribution is -1.93. The minimum Gasteiger partial charge on any atom is -0.199 e. The van der Waals surface area contributed by atoms with Crippen molar-refractivity contribution in [3.05, 3.63) is 29.3 Å². The molecule has 1 heterocycles. The second kappa shape index (κ2) is 2.56. The van der Waals surface area contributed by atoms with Crippen LogP contribution in [0.3, 0.4) is 0 Å². The van der Waals surface area contributed by atoms with Crippen molar-refractivity contribution < 1.29 is 8.42 Å². The van der Waals surface area contributed by atoms with Crippen LogP contribution in [-0.2, 0) is 10.0 Å². The van der Waals surface area contributed by atoms with Gasteiger partial charge in [-0.25, -0.2) is 0 Å². The maximum absolute atomic E-state index is 11.3. The van der Waals surface area contributed by atoms with Gasteiger partial charge in [-0.05, 0) is 18.6 Å². The highest BCUT2D eigenvalue weighted by Crippen LogP contribution is 2.28. The predicted molar refractivity (Wildman–Crippen MR) is 50.8 cm³/mol. The van der Waals surface area contributed by atoms with Crippen LogP contribution in [0.25, 0.3) is 0 Å². The molecule has 0 aromatic heterocycles. The number of aryl methyl sites for hydroxylation is 1. The topological polar surface area (TPSA) is 46.5 Å². The molecule has 0 atom stereocenters. The third-order valence-corrected chi connectivity index (χ3v) is 3.54. The van der Waals surface area contributed by atoms with Crippen molar-refractivity contribution in [2.45, 2.75) is 11.8 Å². The second-order valence-corrected chi connectivity index (χ2v) is 4.79. The molecule has 5 heteroatoms. The van der Waals surface area contributed by atoms with Gasteiger partial charge in [0.15, 0.2) is 5.17 Å². The molecule has 0 amide bonds. The summed E-state index contributed by atoms with van der Waals surface area (Å²) in [6.07, 6.45) is 0. The van der Waals surface area contributed by atoms with E-state index >= 15 is 0 Å². The molecule has 2 rings (SSSR count). The summed E-state index contributed by atoms with van der Waals surface area (Å²) in [6.45, 7) is 1.82. The van der Waals surface area contributed by atoms with Crippen molar-refractivity contribution >= 4 is 26.8 Å². The van der Waals surface area contributed by atoms with Gasteiger partial charge in [0.25, 0.3) is 10.0 Å². The fourth-order valence-electron chi connectivity index (χ4n) is 1.22. The molecule has 0 aliphatic carbocycles. The van der Waals surface area contributed by atoms with E-state index in [1.54, 1.807) is 18.2 Å². The smallest absolute Gasteiger partial charge is 0.199 e. The summed E-state index contributed by atoms with van der Waals surface area (Å²) in [5.74, 6) is 0. The summed E-state index contributed by atoms with van der Waals surface area (Å²) in [5, 5.41) is 0.0509. The van der Waals surface area contributed by atoms with Crippen LogP contribution in [0.1, 0.15) is 11.1 Å². The summed E-state index contributed by atoms with van der Waals surface area (Å²) in [7, 11) is -3.52. The highest BCUT2D eigenvalue weighted by molar-refractivity contribution is 7.91. The van der Waals surface area contributed by atoms with Crippen LogP contribution in [0.5, 0.6) is 0 Å². The maximum Gasteiger partial charge on any atom is 0.284 e. The number of fused-ring (bicyclic) bond motifs is 1. The van der Waals surface area contributed by atoms with E-state index in [4.69, 9.17) is 11.6 Å². The molecular weight excluding hydrogens is 210 g/mol. The van der Waals surface area contributed by atoms with Crippen LogP contribution >= 0.6 is 11.6 Å². The molecule has 1 aliphatic heterocycles. The monoisotopic (exact) mass is 215 g/mol. The molecule has 1 aliphatic rings. The third kappa shape index (κ3) is 1.26. The first-order valence-electron chi connectivity index (χ1n) is 3.62. The summed E-state index contributed by atoms with van der Waals surface area (Å²) in [4.78, 5) is 0.206. The zero-order valence-electron chi connectivity index (χ0n) is 6.78. The number of benzene rings is 1. The summed E-state index contributed by atoms with van der Waals surface area (Å²) in [6, 6.07) is 5.04. The highest BCUT2D eigenvalue weighted by Gasteiger charge is 2.27. The van der Waals surface area contributed by atoms with E-state index in [-0.39, 0.29) is 10.1 Å². The number of hydrogen-bond acceptors (Lipinski definition) is 2. The van der Waals surface area contributed by atoms with E-state index in [2.05, 4.69) is 4.40 Å². The minimum atomic E-state index is -3.52. The standard InChI is InChI=1S/C8H6ClNO2S/c1-5-2-3-6-7(4-5)13(11,12)10-8(6)9/h2-4H,1H3. The van der Waals surface area contributed by atoms with Crippen molar-refractivity contribution in [2.75, 3.05) is 0 Å². The van der Waals surface area contributed by atoms with Crippen LogP contribution in [0.15, 0.2) is 27.5 Å². The molecule has 68 valence electrons. The molecule has 0 bridgehead atoms. The van der Waals surface area contributed by atoms with E-state index in [9.17, 15) is 8.42 Å². The lowest BCUT2D eigenvalue weighted by molar-refractivity contribution is 0.599. The first-order chi connectivity index (χ1) is 6.00. The zero-order chi connectivity index (χ0) is 9.64. The van der Waals surface area contributed by atoms with E-state index in [0.29, 0.717) is 5.56 Å². The Labute approximate surface area is 81.1 Å². The summed E-state index contributed by atoms with van der Waals surface area (Å²) < 4.78 is 26.1. The first-order valence-corrected chi connectivity index (χ1v) is 5.44. The molecule has 13 heavy (non-hydrogen) atoms. The van der Waals surface area contributed by atoms with Gasteiger partial charge in [0.05, 0.1) is 4.90 Å². The number of hydrogen-bond donors (Lipinski definition) is 0. The van der Waals surface area contributed by atoms with E-state index in [1.807, 2.05) is 6.92 Å². The molecule has 0 radical (unpaired) electrons. The van der Waals surface area contributed by atoms with Crippen molar-refractivity contribution in [3.63, 3.8) is 0 Å². The van der Waals surface area contributed by atoms with E-state index in [1.165, 1.54) is 0 Å². The lowest BCUT2D eigenvalue weighted by Gasteiger charge is -1.97. The van der Waals surface area contributed by atoms with Crippen molar-refractivity contribution in [1.29, 1.82) is 0 Å². The summed E-state index contributed by atoms with van der Waals surface area (Å²) >= 11 is 5.65. The van der Waals surface area contributed by atoms with Gasteiger partial charge in [0.2, 0.25) is 0 Å². The van der Waals surface area contributed by atoms with Crippen molar-refractivity contribution in [2.24, 2.45) is 4.40 Å². The summed E-state index contributed by atoms with van der Waals surface area (Å²) in [5.41, 5.74) is 1.37. The highest BCUT2D eigenvalue weighted by atomic mass is 35.5. The third-order valence-electron chi connectivity index (χ3n) is 1.84. The van der Waals surface area contributed by atoms with Crippen molar-refractivity contribution in [3.8, 4) is 0 Å². The molecule has 3 nitrogen and oxygen atoms in total. The average molecular weight is 216 g/mol. The van der Waals surface area contributed by atoms with Gasteiger partial charge in [-0.15, -0.1) is 4.40 Å². The van der Waals surface area contributed by atoms with Crippen molar-refractivity contribution in [1.82, 2.24) is 0 Å². The Morgan fingerprint density at radius 1 is 1.38 bits per heavy atom. The van der Waals surface area contributed by atoms with Crippen LogP contribution in [0.4, 0.5) is 0 Å². The molecule has 1 aromatic carbocycles. The Hall–Kier alpha value is -0.870. The Morgan fingerprint density at radius 3 is 2.77 bits per heavy atom. The van der Waals surface area contributed by atoms with Gasteiger partial charge in [-0.3, -0.25) is 0 Å². The van der Waals surface area contributed by atoms with Gasteiger partial charge >= 0.3 is 0 Å². The zero-order valence-corrected chi connectivity index (χ0v) is 8.35.